The zero-order chi connectivity index (χ0) is 12.7. The van der Waals surface area contributed by atoms with Crippen LogP contribution in [-0.4, -0.2) is 13.1 Å². The van der Waals surface area contributed by atoms with Crippen molar-refractivity contribution < 1.29 is 8.78 Å². The Kier molecular flexibility index (Phi) is 3.46. The number of halogens is 3. The summed E-state index contributed by atoms with van der Waals surface area (Å²) in [6.07, 6.45) is 2.05. The smallest absolute Gasteiger partial charge is 0.213 e. The average Bonchev–Trinajstić information content (AvgIpc) is 2.10. The number of rotatable bonds is 1. The van der Waals surface area contributed by atoms with Gasteiger partial charge < -0.3 is 0 Å². The fourth-order valence-corrected chi connectivity index (χ4v) is 4.17. The fourth-order valence-electron chi connectivity index (χ4n) is 1.33. The van der Waals surface area contributed by atoms with E-state index in [1.54, 1.807) is 0 Å². The Morgan fingerprint density at radius 1 is 1.25 bits per heavy atom. The molecule has 1 aromatic rings. The molecule has 5 heteroatoms. The normalized spacial score (nSPS) is 13.0. The van der Waals surface area contributed by atoms with Gasteiger partial charge in [-0.25, -0.2) is 9.37 Å². The summed E-state index contributed by atoms with van der Waals surface area (Å²) in [6.45, 7) is 9.95. The molecule has 0 aromatic carbocycles. The highest BCUT2D eigenvalue weighted by Crippen LogP contribution is 2.37. The first kappa shape index (κ1) is 13.6. The van der Waals surface area contributed by atoms with Gasteiger partial charge in [0.15, 0.2) is 5.82 Å². The third-order valence-corrected chi connectivity index (χ3v) is 9.35. The van der Waals surface area contributed by atoms with Crippen LogP contribution in [0, 0.1) is 18.0 Å². The quantitative estimate of drug-likeness (QED) is 0.557. The van der Waals surface area contributed by atoms with Crippen LogP contribution < -0.4 is 5.19 Å². The SMILES string of the molecule is CC(C)(C)[Si](C)(C)c1c(F)[c]nc(F)c1Cl. The summed E-state index contributed by atoms with van der Waals surface area (Å²) in [5, 5.41) is -0.0453. The molecule has 1 nitrogen and oxygen atoms in total. The largest absolute Gasteiger partial charge is 0.232 e. The first-order chi connectivity index (χ1) is 7.09. The summed E-state index contributed by atoms with van der Waals surface area (Å²) < 4.78 is 27.0. The third-order valence-electron chi connectivity index (χ3n) is 3.37. The summed E-state index contributed by atoms with van der Waals surface area (Å²) in [7, 11) is -2.22. The molecule has 1 rings (SSSR count). The maximum absolute atomic E-state index is 13.7. The summed E-state index contributed by atoms with van der Waals surface area (Å²) >= 11 is 5.83. The van der Waals surface area contributed by atoms with Crippen molar-refractivity contribution in [1.82, 2.24) is 4.98 Å². The van der Waals surface area contributed by atoms with E-state index in [2.05, 4.69) is 4.98 Å². The number of hydrogen-bond acceptors (Lipinski definition) is 1. The molecule has 0 saturated carbocycles. The van der Waals surface area contributed by atoms with Gasteiger partial charge in [0, 0.05) is 5.19 Å². The molecule has 0 bridgehead atoms. The van der Waals surface area contributed by atoms with Crippen molar-refractivity contribution in [2.24, 2.45) is 0 Å². The van der Waals surface area contributed by atoms with E-state index in [4.69, 9.17) is 11.6 Å². The molecule has 0 aliphatic rings. The van der Waals surface area contributed by atoms with Crippen molar-refractivity contribution in [2.45, 2.75) is 38.9 Å². The molecule has 1 aromatic heterocycles. The van der Waals surface area contributed by atoms with Crippen molar-refractivity contribution in [3.8, 4) is 0 Å². The van der Waals surface area contributed by atoms with Crippen LogP contribution in [0.3, 0.4) is 0 Å². The Bertz CT molecular complexity index is 413. The minimum Gasteiger partial charge on any atom is -0.213 e. The standard InChI is InChI=1S/C11H15ClF2NSi/c1-11(2,3)16(4,5)9-7(13)6-15-10(14)8(9)12/h1-5H3. The molecule has 0 atom stereocenters. The maximum Gasteiger partial charge on any atom is 0.232 e. The molecule has 0 fully saturated rings. The van der Waals surface area contributed by atoms with Crippen molar-refractivity contribution >= 4 is 24.9 Å². The van der Waals surface area contributed by atoms with Crippen molar-refractivity contribution in [3.63, 3.8) is 0 Å². The Hall–Kier alpha value is -0.483. The van der Waals surface area contributed by atoms with Crippen molar-refractivity contribution in [1.29, 1.82) is 0 Å². The van der Waals surface area contributed by atoms with Crippen LogP contribution in [0.25, 0.3) is 0 Å². The van der Waals surface area contributed by atoms with Gasteiger partial charge in [-0.2, -0.15) is 4.39 Å². The first-order valence-corrected chi connectivity index (χ1v) is 8.39. The van der Waals surface area contributed by atoms with Gasteiger partial charge in [0.25, 0.3) is 0 Å². The van der Waals surface area contributed by atoms with E-state index in [1.807, 2.05) is 40.1 Å². The van der Waals surface area contributed by atoms with Crippen molar-refractivity contribution in [3.05, 3.63) is 23.0 Å². The van der Waals surface area contributed by atoms with Gasteiger partial charge in [-0.3, -0.25) is 0 Å². The first-order valence-electron chi connectivity index (χ1n) is 5.01. The zero-order valence-corrected chi connectivity index (χ0v) is 11.8. The van der Waals surface area contributed by atoms with Gasteiger partial charge in [-0.15, -0.1) is 0 Å². The van der Waals surface area contributed by atoms with Crippen LogP contribution in [0.15, 0.2) is 0 Å². The molecular weight excluding hydrogens is 248 g/mol. The number of hydrogen-bond donors (Lipinski definition) is 0. The molecule has 0 N–H and O–H groups in total. The summed E-state index contributed by atoms with van der Waals surface area (Å²) in [5.41, 5.74) is 0. The Balaban J connectivity index is 3.50. The van der Waals surface area contributed by atoms with Crippen molar-refractivity contribution in [2.75, 3.05) is 0 Å². The lowest BCUT2D eigenvalue weighted by atomic mass is 10.2. The van der Waals surface area contributed by atoms with E-state index in [9.17, 15) is 8.78 Å². The molecular formula is C11H15ClF2NSi. The van der Waals surface area contributed by atoms with Crippen LogP contribution in [-0.2, 0) is 0 Å². The molecule has 16 heavy (non-hydrogen) atoms. The number of nitrogens with zero attached hydrogens (tertiary/aromatic N) is 1. The van der Waals surface area contributed by atoms with Gasteiger partial charge in [-0.1, -0.05) is 45.5 Å². The van der Waals surface area contributed by atoms with E-state index in [0.29, 0.717) is 0 Å². The van der Waals surface area contributed by atoms with E-state index < -0.39 is 19.8 Å². The molecule has 0 saturated heterocycles. The molecule has 0 unspecified atom stereocenters. The van der Waals surface area contributed by atoms with Gasteiger partial charge in [-0.05, 0) is 5.04 Å². The second-order valence-electron chi connectivity index (χ2n) is 5.39. The summed E-state index contributed by atoms with van der Waals surface area (Å²) in [4.78, 5) is 3.16. The third kappa shape index (κ3) is 2.13. The average molecular weight is 263 g/mol. The molecule has 0 aliphatic carbocycles. The van der Waals surface area contributed by atoms with E-state index in [1.165, 1.54) is 0 Å². The Labute approximate surface area is 101 Å². The predicted octanol–water partition coefficient (Wildman–Crippen LogP) is 3.53. The van der Waals surface area contributed by atoms with E-state index >= 15 is 0 Å². The summed E-state index contributed by atoms with van der Waals surface area (Å²) in [6, 6.07) is 0. The minimum atomic E-state index is -2.22. The van der Waals surface area contributed by atoms with Crippen LogP contribution in [0.4, 0.5) is 8.78 Å². The minimum absolute atomic E-state index is 0.126. The summed E-state index contributed by atoms with van der Waals surface area (Å²) in [5.74, 6) is -1.47. The molecule has 0 aliphatic heterocycles. The van der Waals surface area contributed by atoms with Gasteiger partial charge in [0.2, 0.25) is 5.95 Å². The molecule has 0 spiro atoms. The molecule has 89 valence electrons. The Morgan fingerprint density at radius 2 is 1.75 bits per heavy atom. The van der Waals surface area contributed by atoms with Crippen LogP contribution in [0.5, 0.6) is 0 Å². The zero-order valence-electron chi connectivity index (χ0n) is 10.1. The maximum atomic E-state index is 13.7. The van der Waals surface area contributed by atoms with E-state index in [0.717, 1.165) is 0 Å². The molecule has 1 heterocycles. The van der Waals surface area contributed by atoms with Gasteiger partial charge >= 0.3 is 0 Å². The van der Waals surface area contributed by atoms with Crippen LogP contribution >= 0.6 is 11.6 Å². The fraction of sp³-hybridized carbons (Fsp3) is 0.545. The van der Waals surface area contributed by atoms with Gasteiger partial charge in [0.05, 0.1) is 13.1 Å². The number of aromatic nitrogens is 1. The highest BCUT2D eigenvalue weighted by molar-refractivity contribution is 6.93. The Morgan fingerprint density at radius 3 is 2.19 bits per heavy atom. The highest BCUT2D eigenvalue weighted by atomic mass is 35.5. The van der Waals surface area contributed by atoms with Gasteiger partial charge in [0.1, 0.15) is 6.20 Å². The molecule has 1 radical (unpaired) electrons. The van der Waals surface area contributed by atoms with Crippen LogP contribution in [0.2, 0.25) is 23.2 Å². The number of pyridine rings is 1. The molecule has 0 amide bonds. The highest BCUT2D eigenvalue weighted by Gasteiger charge is 2.41. The van der Waals surface area contributed by atoms with E-state index in [-0.39, 0.29) is 15.2 Å². The second kappa shape index (κ2) is 4.07. The lowest BCUT2D eigenvalue weighted by Crippen LogP contribution is -2.52. The van der Waals surface area contributed by atoms with Crippen LogP contribution in [0.1, 0.15) is 20.8 Å². The second-order valence-corrected chi connectivity index (χ2v) is 11.0. The predicted molar refractivity (Wildman–Crippen MR) is 64.8 cm³/mol. The lowest BCUT2D eigenvalue weighted by Gasteiger charge is -2.37. The topological polar surface area (TPSA) is 12.9 Å². The lowest BCUT2D eigenvalue weighted by molar-refractivity contribution is 0.561. The monoisotopic (exact) mass is 262 g/mol.